The second kappa shape index (κ2) is 5.50. The number of nitrogens with zero attached hydrogens (tertiary/aromatic N) is 1. The Morgan fingerprint density at radius 1 is 1.47 bits per heavy atom. The molecule has 0 aliphatic heterocycles. The van der Waals surface area contributed by atoms with Crippen LogP contribution in [0.1, 0.15) is 38.3 Å². The Hall–Kier alpha value is -1.09. The van der Waals surface area contributed by atoms with Crippen LogP contribution in [0.2, 0.25) is 0 Å². The Balaban J connectivity index is 2.14. The third-order valence-corrected chi connectivity index (χ3v) is 3.61. The third kappa shape index (κ3) is 2.97. The standard InChI is InChI=1S/C14H22N2O/c1-4-17-13-7-12(8-16-9-13)14(15-3)10(2)11-5-6-11/h7-11,14-15H,4-6H2,1-3H3. The van der Waals surface area contributed by atoms with Gasteiger partial charge in [-0.3, -0.25) is 4.98 Å². The molecule has 0 saturated heterocycles. The Labute approximate surface area is 104 Å². The highest BCUT2D eigenvalue weighted by molar-refractivity contribution is 5.26. The summed E-state index contributed by atoms with van der Waals surface area (Å²) < 4.78 is 5.51. The van der Waals surface area contributed by atoms with Gasteiger partial charge >= 0.3 is 0 Å². The van der Waals surface area contributed by atoms with E-state index >= 15 is 0 Å². The number of hydrogen-bond donors (Lipinski definition) is 1. The van der Waals surface area contributed by atoms with Crippen molar-refractivity contribution in [1.82, 2.24) is 10.3 Å². The molecule has 2 rings (SSSR count). The van der Waals surface area contributed by atoms with E-state index in [2.05, 4.69) is 23.3 Å². The lowest BCUT2D eigenvalue weighted by Crippen LogP contribution is -2.24. The summed E-state index contributed by atoms with van der Waals surface area (Å²) in [6.07, 6.45) is 6.47. The molecular formula is C14H22N2O. The van der Waals surface area contributed by atoms with E-state index in [9.17, 15) is 0 Å². The van der Waals surface area contributed by atoms with Gasteiger partial charge in [-0.1, -0.05) is 6.92 Å². The van der Waals surface area contributed by atoms with Gasteiger partial charge in [-0.2, -0.15) is 0 Å². The molecule has 2 unspecified atom stereocenters. The van der Waals surface area contributed by atoms with Crippen LogP contribution < -0.4 is 10.1 Å². The smallest absolute Gasteiger partial charge is 0.137 e. The average molecular weight is 234 g/mol. The molecule has 1 fully saturated rings. The number of rotatable bonds is 6. The van der Waals surface area contributed by atoms with Crippen molar-refractivity contribution in [2.24, 2.45) is 11.8 Å². The van der Waals surface area contributed by atoms with Crippen molar-refractivity contribution in [3.63, 3.8) is 0 Å². The van der Waals surface area contributed by atoms with Crippen LogP contribution in [0, 0.1) is 11.8 Å². The molecule has 0 spiro atoms. The van der Waals surface area contributed by atoms with E-state index in [-0.39, 0.29) is 0 Å². The van der Waals surface area contributed by atoms with E-state index in [1.807, 2.05) is 20.2 Å². The Morgan fingerprint density at radius 2 is 2.24 bits per heavy atom. The van der Waals surface area contributed by atoms with Crippen molar-refractivity contribution in [2.75, 3.05) is 13.7 Å². The van der Waals surface area contributed by atoms with Crippen LogP contribution in [0.25, 0.3) is 0 Å². The maximum Gasteiger partial charge on any atom is 0.137 e. The van der Waals surface area contributed by atoms with E-state index in [4.69, 9.17) is 4.74 Å². The molecule has 0 radical (unpaired) electrons. The van der Waals surface area contributed by atoms with Gasteiger partial charge in [0.25, 0.3) is 0 Å². The summed E-state index contributed by atoms with van der Waals surface area (Å²) in [5.41, 5.74) is 1.23. The second-order valence-corrected chi connectivity index (χ2v) is 4.85. The largest absolute Gasteiger partial charge is 0.492 e. The normalized spacial score (nSPS) is 18.8. The highest BCUT2D eigenvalue weighted by Crippen LogP contribution is 2.42. The Bertz CT molecular complexity index is 363. The minimum atomic E-state index is 0.385. The molecule has 17 heavy (non-hydrogen) atoms. The molecular weight excluding hydrogens is 212 g/mol. The molecule has 0 aromatic carbocycles. The van der Waals surface area contributed by atoms with E-state index < -0.39 is 0 Å². The van der Waals surface area contributed by atoms with Crippen LogP contribution in [-0.4, -0.2) is 18.6 Å². The van der Waals surface area contributed by atoms with Crippen LogP contribution in [0.4, 0.5) is 0 Å². The van der Waals surface area contributed by atoms with Crippen LogP contribution in [0.3, 0.4) is 0 Å². The highest BCUT2D eigenvalue weighted by Gasteiger charge is 2.33. The minimum absolute atomic E-state index is 0.385. The average Bonchev–Trinajstić information content (AvgIpc) is 3.14. The van der Waals surface area contributed by atoms with Crippen molar-refractivity contribution in [3.05, 3.63) is 24.0 Å². The zero-order valence-electron chi connectivity index (χ0n) is 10.9. The molecule has 3 heteroatoms. The van der Waals surface area contributed by atoms with E-state index in [1.54, 1.807) is 6.20 Å². The first-order valence-corrected chi connectivity index (χ1v) is 6.51. The SMILES string of the molecule is CCOc1cncc(C(NC)C(C)C2CC2)c1. The number of pyridine rings is 1. The van der Waals surface area contributed by atoms with Crippen molar-refractivity contribution in [3.8, 4) is 5.75 Å². The quantitative estimate of drug-likeness (QED) is 0.822. The fourth-order valence-corrected chi connectivity index (χ4v) is 2.48. The maximum absolute atomic E-state index is 5.51. The summed E-state index contributed by atoms with van der Waals surface area (Å²) in [5, 5.41) is 3.41. The summed E-state index contributed by atoms with van der Waals surface area (Å²) in [6, 6.07) is 2.49. The van der Waals surface area contributed by atoms with Crippen molar-refractivity contribution >= 4 is 0 Å². The topological polar surface area (TPSA) is 34.1 Å². The van der Waals surface area contributed by atoms with Gasteiger partial charge in [0.05, 0.1) is 12.8 Å². The van der Waals surface area contributed by atoms with Crippen molar-refractivity contribution in [2.45, 2.75) is 32.7 Å². The van der Waals surface area contributed by atoms with Crippen molar-refractivity contribution in [1.29, 1.82) is 0 Å². The zero-order valence-corrected chi connectivity index (χ0v) is 10.9. The molecule has 3 nitrogen and oxygen atoms in total. The predicted molar refractivity (Wildman–Crippen MR) is 69.1 cm³/mol. The molecule has 1 saturated carbocycles. The zero-order chi connectivity index (χ0) is 12.3. The van der Waals surface area contributed by atoms with E-state index in [0.29, 0.717) is 18.6 Å². The summed E-state index contributed by atoms with van der Waals surface area (Å²) >= 11 is 0. The minimum Gasteiger partial charge on any atom is -0.492 e. The first-order chi connectivity index (χ1) is 8.26. The van der Waals surface area contributed by atoms with E-state index in [0.717, 1.165) is 11.7 Å². The summed E-state index contributed by atoms with van der Waals surface area (Å²) in [5.74, 6) is 2.41. The lowest BCUT2D eigenvalue weighted by atomic mass is 9.91. The van der Waals surface area contributed by atoms with Gasteiger partial charge in [0.1, 0.15) is 5.75 Å². The summed E-state index contributed by atoms with van der Waals surface area (Å²) in [4.78, 5) is 4.27. The highest BCUT2D eigenvalue weighted by atomic mass is 16.5. The molecule has 1 aliphatic rings. The van der Waals surface area contributed by atoms with Gasteiger partial charge in [-0.15, -0.1) is 0 Å². The first kappa shape index (κ1) is 12.4. The predicted octanol–water partition coefficient (Wildman–Crippen LogP) is 2.79. The lowest BCUT2D eigenvalue weighted by molar-refractivity contribution is 0.334. The molecule has 1 aliphatic carbocycles. The number of ether oxygens (including phenoxy) is 1. The molecule has 0 bridgehead atoms. The molecule has 1 N–H and O–H groups in total. The number of aromatic nitrogens is 1. The summed E-state index contributed by atoms with van der Waals surface area (Å²) in [6.45, 7) is 5.01. The Kier molecular flexibility index (Phi) is 4.00. The van der Waals surface area contributed by atoms with Gasteiger partial charge in [-0.25, -0.2) is 0 Å². The van der Waals surface area contributed by atoms with Crippen LogP contribution in [0.15, 0.2) is 18.5 Å². The molecule has 2 atom stereocenters. The monoisotopic (exact) mass is 234 g/mol. The van der Waals surface area contributed by atoms with Gasteiger partial charge in [0.2, 0.25) is 0 Å². The first-order valence-electron chi connectivity index (χ1n) is 6.51. The van der Waals surface area contributed by atoms with Crippen LogP contribution in [-0.2, 0) is 0 Å². The summed E-state index contributed by atoms with van der Waals surface area (Å²) in [7, 11) is 2.02. The molecule has 1 heterocycles. The fraction of sp³-hybridized carbons (Fsp3) is 0.643. The molecule has 1 aromatic heterocycles. The second-order valence-electron chi connectivity index (χ2n) is 4.85. The van der Waals surface area contributed by atoms with Gasteiger partial charge in [0.15, 0.2) is 0 Å². The van der Waals surface area contributed by atoms with Crippen LogP contribution >= 0.6 is 0 Å². The Morgan fingerprint density at radius 3 is 2.82 bits per heavy atom. The molecule has 0 amide bonds. The van der Waals surface area contributed by atoms with E-state index in [1.165, 1.54) is 18.4 Å². The van der Waals surface area contributed by atoms with Gasteiger partial charge in [0, 0.05) is 12.2 Å². The number of hydrogen-bond acceptors (Lipinski definition) is 3. The molecule has 94 valence electrons. The number of nitrogens with one attached hydrogen (secondary N) is 1. The lowest BCUT2D eigenvalue weighted by Gasteiger charge is -2.24. The third-order valence-electron chi connectivity index (χ3n) is 3.61. The van der Waals surface area contributed by atoms with Crippen LogP contribution in [0.5, 0.6) is 5.75 Å². The van der Waals surface area contributed by atoms with Crippen molar-refractivity contribution < 1.29 is 4.74 Å². The van der Waals surface area contributed by atoms with Gasteiger partial charge < -0.3 is 10.1 Å². The van der Waals surface area contributed by atoms with Gasteiger partial charge in [-0.05, 0) is 50.3 Å². The maximum atomic E-state index is 5.51. The fourth-order valence-electron chi connectivity index (χ4n) is 2.48. The molecule has 1 aromatic rings.